The summed E-state index contributed by atoms with van der Waals surface area (Å²) in [6.45, 7) is 7.57. The van der Waals surface area contributed by atoms with Gasteiger partial charge in [0.05, 0.1) is 12.2 Å². The summed E-state index contributed by atoms with van der Waals surface area (Å²) in [5, 5.41) is 8.83. The van der Waals surface area contributed by atoms with Crippen LogP contribution in [0.4, 0.5) is 0 Å². The number of carbonyl (C=O) groups is 1. The molecule has 1 aliphatic rings. The van der Waals surface area contributed by atoms with Gasteiger partial charge in [-0.1, -0.05) is 6.92 Å². The zero-order valence-electron chi connectivity index (χ0n) is 12.9. The van der Waals surface area contributed by atoms with Crippen molar-refractivity contribution < 1.29 is 14.6 Å². The molecule has 0 radical (unpaired) electrons. The Balaban J connectivity index is 1.68. The molecular formula is C17H25NO3. The van der Waals surface area contributed by atoms with Crippen LogP contribution in [0.2, 0.25) is 0 Å². The lowest BCUT2D eigenvalue weighted by molar-refractivity contribution is 0.0697. The average Bonchev–Trinajstić information content (AvgIpc) is 2.46. The van der Waals surface area contributed by atoms with E-state index in [1.54, 1.807) is 24.3 Å². The number of nitrogens with zero attached hydrogens (tertiary/aromatic N) is 1. The van der Waals surface area contributed by atoms with Gasteiger partial charge in [-0.3, -0.25) is 0 Å². The van der Waals surface area contributed by atoms with Gasteiger partial charge >= 0.3 is 5.97 Å². The maximum absolute atomic E-state index is 10.8. The van der Waals surface area contributed by atoms with Gasteiger partial charge in [-0.25, -0.2) is 4.79 Å². The Kier molecular flexibility index (Phi) is 5.62. The Hall–Kier alpha value is -1.55. The molecule has 1 N–H and O–H groups in total. The minimum absolute atomic E-state index is 0.290. The first-order valence-electron chi connectivity index (χ1n) is 7.76. The first kappa shape index (κ1) is 15.8. The molecule has 0 amide bonds. The molecule has 1 aliphatic heterocycles. The van der Waals surface area contributed by atoms with E-state index in [0.717, 1.165) is 24.6 Å². The molecule has 4 nitrogen and oxygen atoms in total. The van der Waals surface area contributed by atoms with E-state index in [2.05, 4.69) is 18.7 Å². The molecule has 0 bridgehead atoms. The van der Waals surface area contributed by atoms with E-state index in [1.165, 1.54) is 19.4 Å². The number of benzene rings is 1. The summed E-state index contributed by atoms with van der Waals surface area (Å²) in [7, 11) is 0. The van der Waals surface area contributed by atoms with Gasteiger partial charge in [0.2, 0.25) is 0 Å². The average molecular weight is 291 g/mol. The predicted octanol–water partition coefficient (Wildman–Crippen LogP) is 3.27. The van der Waals surface area contributed by atoms with Crippen molar-refractivity contribution in [1.29, 1.82) is 0 Å². The van der Waals surface area contributed by atoms with Gasteiger partial charge in [0, 0.05) is 12.6 Å². The van der Waals surface area contributed by atoms with Crippen molar-refractivity contribution in [3.63, 3.8) is 0 Å². The molecule has 1 aromatic carbocycles. The Morgan fingerprint density at radius 3 is 2.67 bits per heavy atom. The third-order valence-corrected chi connectivity index (χ3v) is 4.24. The van der Waals surface area contributed by atoms with Gasteiger partial charge in [0.1, 0.15) is 5.75 Å². The van der Waals surface area contributed by atoms with Crippen LogP contribution in [0.3, 0.4) is 0 Å². The summed E-state index contributed by atoms with van der Waals surface area (Å²) in [5.74, 6) is 0.676. The number of carboxylic acid groups (broad SMARTS) is 1. The minimum Gasteiger partial charge on any atom is -0.494 e. The zero-order chi connectivity index (χ0) is 15.2. The minimum atomic E-state index is -0.908. The summed E-state index contributed by atoms with van der Waals surface area (Å²) >= 11 is 0. The van der Waals surface area contributed by atoms with Crippen LogP contribution in [-0.2, 0) is 0 Å². The molecule has 1 fully saturated rings. The van der Waals surface area contributed by atoms with Crippen LogP contribution in [0.25, 0.3) is 0 Å². The van der Waals surface area contributed by atoms with E-state index in [-0.39, 0.29) is 0 Å². The molecule has 0 spiro atoms. The predicted molar refractivity (Wildman–Crippen MR) is 82.9 cm³/mol. The van der Waals surface area contributed by atoms with Crippen LogP contribution in [0.15, 0.2) is 24.3 Å². The van der Waals surface area contributed by atoms with Crippen LogP contribution in [0, 0.1) is 5.92 Å². The molecule has 1 heterocycles. The van der Waals surface area contributed by atoms with E-state index in [0.29, 0.717) is 18.2 Å². The van der Waals surface area contributed by atoms with Crippen molar-refractivity contribution in [2.75, 3.05) is 19.7 Å². The summed E-state index contributed by atoms with van der Waals surface area (Å²) < 4.78 is 5.67. The zero-order valence-corrected chi connectivity index (χ0v) is 12.9. The Morgan fingerprint density at radius 2 is 2.05 bits per heavy atom. The van der Waals surface area contributed by atoms with Crippen molar-refractivity contribution in [2.45, 2.75) is 39.2 Å². The van der Waals surface area contributed by atoms with Gasteiger partial charge < -0.3 is 14.7 Å². The fourth-order valence-electron chi connectivity index (χ4n) is 2.94. The van der Waals surface area contributed by atoms with Gasteiger partial charge in [-0.15, -0.1) is 0 Å². The largest absolute Gasteiger partial charge is 0.494 e. The first-order valence-corrected chi connectivity index (χ1v) is 7.76. The lowest BCUT2D eigenvalue weighted by Gasteiger charge is -2.36. The van der Waals surface area contributed by atoms with E-state index in [1.807, 2.05) is 0 Å². The fraction of sp³-hybridized carbons (Fsp3) is 0.588. The fourth-order valence-corrected chi connectivity index (χ4v) is 2.94. The normalized spacial score (nSPS) is 23.0. The van der Waals surface area contributed by atoms with E-state index < -0.39 is 5.97 Å². The standard InChI is InChI=1S/C17H25NO3/c1-13-8-10-18(14(2)12-13)9-3-11-21-16-6-4-15(5-7-16)17(19)20/h4-7,13-14H,3,8-12H2,1-2H3,(H,19,20). The van der Waals surface area contributed by atoms with Gasteiger partial charge in [-0.05, 0) is 62.9 Å². The number of hydrogen-bond donors (Lipinski definition) is 1. The molecule has 116 valence electrons. The van der Waals surface area contributed by atoms with Crippen LogP contribution in [0.1, 0.15) is 43.5 Å². The smallest absolute Gasteiger partial charge is 0.335 e. The number of likely N-dealkylation sites (tertiary alicyclic amines) is 1. The molecular weight excluding hydrogens is 266 g/mol. The summed E-state index contributed by atoms with van der Waals surface area (Å²) in [4.78, 5) is 13.3. The lowest BCUT2D eigenvalue weighted by atomic mass is 9.93. The molecule has 21 heavy (non-hydrogen) atoms. The highest BCUT2D eigenvalue weighted by Crippen LogP contribution is 2.22. The van der Waals surface area contributed by atoms with Crippen LogP contribution < -0.4 is 4.74 Å². The van der Waals surface area contributed by atoms with E-state index in [4.69, 9.17) is 9.84 Å². The molecule has 4 heteroatoms. The van der Waals surface area contributed by atoms with Crippen LogP contribution >= 0.6 is 0 Å². The number of aromatic carboxylic acids is 1. The van der Waals surface area contributed by atoms with Crippen molar-refractivity contribution in [1.82, 2.24) is 4.90 Å². The number of carboxylic acids is 1. The number of piperidine rings is 1. The van der Waals surface area contributed by atoms with Crippen molar-refractivity contribution in [2.24, 2.45) is 5.92 Å². The maximum Gasteiger partial charge on any atom is 0.335 e. The highest BCUT2D eigenvalue weighted by molar-refractivity contribution is 5.87. The Bertz CT molecular complexity index is 458. The summed E-state index contributed by atoms with van der Waals surface area (Å²) in [6, 6.07) is 7.25. The lowest BCUT2D eigenvalue weighted by Crippen LogP contribution is -2.41. The van der Waals surface area contributed by atoms with Crippen molar-refractivity contribution in [3.8, 4) is 5.75 Å². The topological polar surface area (TPSA) is 49.8 Å². The second kappa shape index (κ2) is 7.46. The highest BCUT2D eigenvalue weighted by atomic mass is 16.5. The summed E-state index contributed by atoms with van der Waals surface area (Å²) in [5.41, 5.74) is 0.290. The first-order chi connectivity index (χ1) is 10.1. The van der Waals surface area contributed by atoms with Gasteiger partial charge in [0.15, 0.2) is 0 Å². The molecule has 2 atom stereocenters. The molecule has 1 saturated heterocycles. The maximum atomic E-state index is 10.8. The van der Waals surface area contributed by atoms with Crippen LogP contribution in [-0.4, -0.2) is 41.7 Å². The van der Waals surface area contributed by atoms with Gasteiger partial charge in [0.25, 0.3) is 0 Å². The van der Waals surface area contributed by atoms with Crippen molar-refractivity contribution in [3.05, 3.63) is 29.8 Å². The SMILES string of the molecule is CC1CCN(CCCOc2ccc(C(=O)O)cc2)C(C)C1. The number of hydrogen-bond acceptors (Lipinski definition) is 3. The Labute approximate surface area is 126 Å². The molecule has 2 unspecified atom stereocenters. The molecule has 1 aromatic rings. The highest BCUT2D eigenvalue weighted by Gasteiger charge is 2.21. The van der Waals surface area contributed by atoms with E-state index in [9.17, 15) is 4.79 Å². The van der Waals surface area contributed by atoms with Crippen LogP contribution in [0.5, 0.6) is 5.75 Å². The molecule has 0 aliphatic carbocycles. The van der Waals surface area contributed by atoms with Crippen molar-refractivity contribution >= 4 is 5.97 Å². The van der Waals surface area contributed by atoms with Gasteiger partial charge in [-0.2, -0.15) is 0 Å². The third kappa shape index (κ3) is 4.74. The third-order valence-electron chi connectivity index (χ3n) is 4.24. The quantitative estimate of drug-likeness (QED) is 0.817. The second-order valence-corrected chi connectivity index (χ2v) is 6.05. The second-order valence-electron chi connectivity index (χ2n) is 6.05. The monoisotopic (exact) mass is 291 g/mol. The van der Waals surface area contributed by atoms with E-state index >= 15 is 0 Å². The molecule has 0 saturated carbocycles. The molecule has 0 aromatic heterocycles. The number of rotatable bonds is 6. The Morgan fingerprint density at radius 1 is 1.33 bits per heavy atom. The molecule has 2 rings (SSSR count). The summed E-state index contributed by atoms with van der Waals surface area (Å²) in [6.07, 6.45) is 3.58. The number of ether oxygens (including phenoxy) is 1.